The number of nitrogens with zero attached hydrogens (tertiary/aromatic N) is 4. The summed E-state index contributed by atoms with van der Waals surface area (Å²) in [6.07, 6.45) is -2.00. The Kier molecular flexibility index (Phi) is 3.77. The molecule has 0 aliphatic heterocycles. The number of hydrogen-bond acceptors (Lipinski definition) is 4. The molecule has 23 heavy (non-hydrogen) atoms. The number of nitrogens with one attached hydrogen (secondary N) is 1. The Morgan fingerprint density at radius 3 is 2.74 bits per heavy atom. The Bertz CT molecular complexity index is 795. The van der Waals surface area contributed by atoms with Gasteiger partial charge in [-0.05, 0) is 12.1 Å². The fourth-order valence-corrected chi connectivity index (χ4v) is 2.23. The number of rotatable bonds is 4. The molecule has 0 saturated carbocycles. The molecule has 0 fully saturated rings. The van der Waals surface area contributed by atoms with Gasteiger partial charge in [-0.2, -0.15) is 23.4 Å². The standard InChI is InChI=1S/C14H12F3N5O/c1-22-12(14(15,16)17)9(6-20-22)7-23-11-5-3-2-4-10(11)13-18-8-19-21-13/h2-6,8H,7H2,1H3,(H,18,19,21). The molecule has 1 aromatic carbocycles. The van der Waals surface area contributed by atoms with Crippen LogP contribution in [0.15, 0.2) is 36.8 Å². The van der Waals surface area contributed by atoms with Gasteiger partial charge >= 0.3 is 6.18 Å². The summed E-state index contributed by atoms with van der Waals surface area (Å²) in [7, 11) is 1.24. The third-order valence-corrected chi connectivity index (χ3v) is 3.22. The summed E-state index contributed by atoms with van der Waals surface area (Å²) in [4.78, 5) is 4.02. The van der Waals surface area contributed by atoms with Gasteiger partial charge in [-0.15, -0.1) is 0 Å². The van der Waals surface area contributed by atoms with E-state index < -0.39 is 11.9 Å². The number of ether oxygens (including phenoxy) is 1. The molecule has 0 radical (unpaired) electrons. The average molecular weight is 323 g/mol. The average Bonchev–Trinajstić information content (AvgIpc) is 3.14. The molecule has 0 amide bonds. The van der Waals surface area contributed by atoms with Crippen LogP contribution >= 0.6 is 0 Å². The van der Waals surface area contributed by atoms with E-state index in [1.165, 1.54) is 13.4 Å². The Morgan fingerprint density at radius 2 is 2.04 bits per heavy atom. The lowest BCUT2D eigenvalue weighted by molar-refractivity contribution is -0.144. The van der Waals surface area contributed by atoms with Crippen molar-refractivity contribution in [3.63, 3.8) is 0 Å². The molecule has 9 heteroatoms. The first-order valence-corrected chi connectivity index (χ1v) is 6.62. The van der Waals surface area contributed by atoms with Gasteiger partial charge in [0.1, 0.15) is 24.4 Å². The number of H-pyrrole nitrogens is 1. The van der Waals surface area contributed by atoms with Crippen LogP contribution < -0.4 is 4.74 Å². The van der Waals surface area contributed by atoms with Gasteiger partial charge in [0.05, 0.1) is 11.8 Å². The molecule has 0 spiro atoms. The minimum absolute atomic E-state index is 0.0348. The van der Waals surface area contributed by atoms with Gasteiger partial charge < -0.3 is 4.74 Å². The molecule has 1 N–H and O–H groups in total. The van der Waals surface area contributed by atoms with Crippen LogP contribution in [-0.4, -0.2) is 25.0 Å². The molecule has 120 valence electrons. The maximum atomic E-state index is 13.0. The molecule has 0 bridgehead atoms. The number of aryl methyl sites for hydroxylation is 1. The van der Waals surface area contributed by atoms with Gasteiger partial charge in [-0.1, -0.05) is 12.1 Å². The van der Waals surface area contributed by atoms with Crippen LogP contribution in [0.2, 0.25) is 0 Å². The van der Waals surface area contributed by atoms with Crippen LogP contribution in [0.25, 0.3) is 11.4 Å². The smallest absolute Gasteiger partial charge is 0.433 e. The number of para-hydroxylation sites is 1. The minimum atomic E-state index is -4.49. The van der Waals surface area contributed by atoms with Crippen molar-refractivity contribution in [1.29, 1.82) is 0 Å². The van der Waals surface area contributed by atoms with E-state index in [1.807, 2.05) is 0 Å². The van der Waals surface area contributed by atoms with Crippen molar-refractivity contribution in [2.75, 3.05) is 0 Å². The van der Waals surface area contributed by atoms with E-state index in [4.69, 9.17) is 4.74 Å². The van der Waals surface area contributed by atoms with Crippen molar-refractivity contribution < 1.29 is 17.9 Å². The van der Waals surface area contributed by atoms with E-state index in [-0.39, 0.29) is 12.2 Å². The van der Waals surface area contributed by atoms with Crippen molar-refractivity contribution in [3.05, 3.63) is 48.0 Å². The minimum Gasteiger partial charge on any atom is -0.488 e. The Labute approximate surface area is 128 Å². The van der Waals surface area contributed by atoms with Crippen molar-refractivity contribution >= 4 is 0 Å². The second kappa shape index (κ2) is 5.75. The summed E-state index contributed by atoms with van der Waals surface area (Å²) in [5, 5.41) is 10.1. The maximum absolute atomic E-state index is 13.0. The van der Waals surface area contributed by atoms with Crippen LogP contribution in [-0.2, 0) is 19.8 Å². The third kappa shape index (κ3) is 3.03. The molecule has 0 aliphatic carbocycles. The second-order valence-corrected chi connectivity index (χ2v) is 4.76. The number of aromatic nitrogens is 5. The summed E-state index contributed by atoms with van der Waals surface area (Å²) in [5.74, 6) is 0.879. The SMILES string of the molecule is Cn1ncc(COc2ccccc2-c2ncn[nH]2)c1C(F)(F)F. The number of benzene rings is 1. The normalized spacial score (nSPS) is 11.7. The first-order chi connectivity index (χ1) is 11.0. The first-order valence-electron chi connectivity index (χ1n) is 6.62. The third-order valence-electron chi connectivity index (χ3n) is 3.22. The summed E-state index contributed by atoms with van der Waals surface area (Å²) >= 11 is 0. The zero-order chi connectivity index (χ0) is 16.4. The first kappa shape index (κ1) is 15.1. The van der Waals surface area contributed by atoms with Crippen molar-refractivity contribution in [1.82, 2.24) is 25.0 Å². The molecule has 0 unspecified atom stereocenters. The number of hydrogen-bond donors (Lipinski definition) is 1. The van der Waals surface area contributed by atoms with Crippen LogP contribution in [0.4, 0.5) is 13.2 Å². The van der Waals surface area contributed by atoms with E-state index in [1.54, 1.807) is 24.3 Å². The summed E-state index contributed by atoms with van der Waals surface area (Å²) in [6, 6.07) is 6.89. The molecule has 2 aromatic heterocycles. The Hall–Kier alpha value is -2.84. The van der Waals surface area contributed by atoms with Crippen molar-refractivity contribution in [2.24, 2.45) is 7.05 Å². The van der Waals surface area contributed by atoms with Gasteiger partial charge in [0.25, 0.3) is 0 Å². The van der Waals surface area contributed by atoms with Crippen LogP contribution in [0.3, 0.4) is 0 Å². The zero-order valence-electron chi connectivity index (χ0n) is 12.0. The quantitative estimate of drug-likeness (QED) is 0.801. The molecule has 3 aromatic rings. The molecule has 2 heterocycles. The highest BCUT2D eigenvalue weighted by atomic mass is 19.4. The highest BCUT2D eigenvalue weighted by molar-refractivity contribution is 5.63. The van der Waals surface area contributed by atoms with Crippen molar-refractivity contribution in [3.8, 4) is 17.1 Å². The monoisotopic (exact) mass is 323 g/mol. The molecule has 6 nitrogen and oxygen atoms in total. The summed E-state index contributed by atoms with van der Waals surface area (Å²) in [6.45, 7) is -0.256. The van der Waals surface area contributed by atoms with Gasteiger partial charge in [0, 0.05) is 12.6 Å². The van der Waals surface area contributed by atoms with Crippen LogP contribution in [0.5, 0.6) is 5.75 Å². The van der Waals surface area contributed by atoms with Crippen molar-refractivity contribution in [2.45, 2.75) is 12.8 Å². The Morgan fingerprint density at radius 1 is 1.26 bits per heavy atom. The Balaban J connectivity index is 1.86. The largest absolute Gasteiger partial charge is 0.488 e. The summed E-state index contributed by atoms with van der Waals surface area (Å²) < 4.78 is 45.4. The molecule has 0 saturated heterocycles. The second-order valence-electron chi connectivity index (χ2n) is 4.76. The van der Waals surface area contributed by atoms with Gasteiger partial charge in [0.2, 0.25) is 0 Å². The van der Waals surface area contributed by atoms with Gasteiger partial charge in [0.15, 0.2) is 5.82 Å². The molecular formula is C14H12F3N5O. The lowest BCUT2D eigenvalue weighted by atomic mass is 10.2. The number of aromatic amines is 1. The van der Waals surface area contributed by atoms with Gasteiger partial charge in [-0.3, -0.25) is 9.78 Å². The topological polar surface area (TPSA) is 68.6 Å². The zero-order valence-corrected chi connectivity index (χ0v) is 12.0. The fourth-order valence-electron chi connectivity index (χ4n) is 2.23. The van der Waals surface area contributed by atoms with E-state index in [2.05, 4.69) is 20.3 Å². The highest BCUT2D eigenvalue weighted by Gasteiger charge is 2.37. The molecular weight excluding hydrogens is 311 g/mol. The van der Waals surface area contributed by atoms with Gasteiger partial charge in [-0.25, -0.2) is 4.98 Å². The van der Waals surface area contributed by atoms with E-state index in [0.717, 1.165) is 10.9 Å². The van der Waals surface area contributed by atoms with E-state index >= 15 is 0 Å². The molecule has 0 atom stereocenters. The maximum Gasteiger partial charge on any atom is 0.433 e. The lowest BCUT2D eigenvalue weighted by Crippen LogP contribution is -2.15. The number of halogens is 3. The highest BCUT2D eigenvalue weighted by Crippen LogP contribution is 2.33. The van der Waals surface area contributed by atoms with Crippen LogP contribution in [0.1, 0.15) is 11.3 Å². The summed E-state index contributed by atoms with van der Waals surface area (Å²) in [5.41, 5.74) is -0.246. The van der Waals surface area contributed by atoms with E-state index in [0.29, 0.717) is 17.1 Å². The lowest BCUT2D eigenvalue weighted by Gasteiger charge is -2.12. The fraction of sp³-hybridized carbons (Fsp3) is 0.214. The molecule has 0 aliphatic rings. The van der Waals surface area contributed by atoms with Crippen LogP contribution in [0, 0.1) is 0 Å². The predicted octanol–water partition coefficient (Wildman–Crippen LogP) is 2.80. The predicted molar refractivity (Wildman–Crippen MR) is 74.4 cm³/mol. The molecule has 3 rings (SSSR count). The number of alkyl halides is 3. The van der Waals surface area contributed by atoms with E-state index in [9.17, 15) is 13.2 Å².